The average Bonchev–Trinajstić information content (AvgIpc) is 2.93. The molecule has 0 aliphatic heterocycles. The minimum absolute atomic E-state index is 0.0526. The lowest BCUT2D eigenvalue weighted by atomic mass is 10.1. The molecule has 3 aromatic carbocycles. The number of hydrogen-bond acceptors (Lipinski definition) is 4. The molecule has 0 aromatic heterocycles. The van der Waals surface area contributed by atoms with Gasteiger partial charge in [-0.3, -0.25) is 13.9 Å². The van der Waals surface area contributed by atoms with Gasteiger partial charge in [-0.2, -0.15) is 0 Å². The van der Waals surface area contributed by atoms with Crippen LogP contribution >= 0.6 is 11.6 Å². The van der Waals surface area contributed by atoms with E-state index in [1.165, 1.54) is 17.0 Å². The van der Waals surface area contributed by atoms with Crippen molar-refractivity contribution >= 4 is 39.1 Å². The average molecular weight is 584 g/mol. The van der Waals surface area contributed by atoms with Crippen LogP contribution in [0, 0.1) is 13.8 Å². The predicted octanol–water partition coefficient (Wildman–Crippen LogP) is 5.87. The summed E-state index contributed by atoms with van der Waals surface area (Å²) in [4.78, 5) is 29.0. The second kappa shape index (κ2) is 13.8. The summed E-state index contributed by atoms with van der Waals surface area (Å²) in [6.45, 7) is 9.00. The van der Waals surface area contributed by atoms with Gasteiger partial charge in [0.15, 0.2) is 0 Å². The molecule has 214 valence electrons. The van der Waals surface area contributed by atoms with Crippen molar-refractivity contribution in [3.63, 3.8) is 0 Å². The molecule has 3 aromatic rings. The number of carbonyl (C=O) groups is 2. The molecule has 0 heterocycles. The standard InChI is InChI=1S/C31H38ClN3O4S/c1-6-24(5)33-31(37)28(7-2)34(20-25-13-11-12-16-27(25)32)30(36)21-35(29-18-17-22(3)19-23(29)4)40(38,39)26-14-9-8-10-15-26/h8-19,24,28H,6-7,20-21H2,1-5H3,(H,33,37)/t24-,28+/m0/s1. The molecule has 3 rings (SSSR count). The van der Waals surface area contributed by atoms with Crippen molar-refractivity contribution in [3.8, 4) is 0 Å². The Labute approximate surface area is 243 Å². The number of halogens is 1. The van der Waals surface area contributed by atoms with Crippen LogP contribution in [0.25, 0.3) is 0 Å². The molecule has 2 atom stereocenters. The normalized spacial score (nSPS) is 12.8. The van der Waals surface area contributed by atoms with E-state index in [9.17, 15) is 18.0 Å². The summed E-state index contributed by atoms with van der Waals surface area (Å²) in [5, 5.41) is 3.43. The van der Waals surface area contributed by atoms with Crippen molar-refractivity contribution in [2.75, 3.05) is 10.8 Å². The Balaban J connectivity index is 2.09. The summed E-state index contributed by atoms with van der Waals surface area (Å²) < 4.78 is 29.0. The quantitative estimate of drug-likeness (QED) is 0.289. The fraction of sp³-hybridized carbons (Fsp3) is 0.355. The van der Waals surface area contributed by atoms with E-state index in [4.69, 9.17) is 11.6 Å². The number of aryl methyl sites for hydroxylation is 2. The van der Waals surface area contributed by atoms with Crippen LogP contribution in [0.4, 0.5) is 5.69 Å². The molecule has 7 nitrogen and oxygen atoms in total. The molecule has 9 heteroatoms. The maximum Gasteiger partial charge on any atom is 0.264 e. The van der Waals surface area contributed by atoms with Gasteiger partial charge in [-0.15, -0.1) is 0 Å². The lowest BCUT2D eigenvalue weighted by molar-refractivity contribution is -0.140. The van der Waals surface area contributed by atoms with Crippen LogP contribution in [-0.2, 0) is 26.2 Å². The van der Waals surface area contributed by atoms with Gasteiger partial charge in [0.05, 0.1) is 10.6 Å². The van der Waals surface area contributed by atoms with E-state index < -0.39 is 28.5 Å². The van der Waals surface area contributed by atoms with Crippen LogP contribution in [0.3, 0.4) is 0 Å². The SMILES string of the molecule is CC[C@H](C(=O)N[C@@H](C)CC)N(Cc1ccccc1Cl)C(=O)CN(c1ccc(C)cc1C)S(=O)(=O)c1ccccc1. The molecule has 0 aliphatic carbocycles. The van der Waals surface area contributed by atoms with Crippen molar-refractivity contribution in [3.05, 3.63) is 94.5 Å². The molecule has 1 N–H and O–H groups in total. The minimum atomic E-state index is -4.12. The third-order valence-electron chi connectivity index (χ3n) is 6.92. The summed E-state index contributed by atoms with van der Waals surface area (Å²) in [5.41, 5.74) is 2.75. The van der Waals surface area contributed by atoms with E-state index in [0.29, 0.717) is 28.3 Å². The smallest absolute Gasteiger partial charge is 0.264 e. The first-order chi connectivity index (χ1) is 19.0. The number of nitrogens with zero attached hydrogens (tertiary/aromatic N) is 2. The van der Waals surface area contributed by atoms with Crippen molar-refractivity contribution in [2.45, 2.75) is 71.0 Å². The highest BCUT2D eigenvalue weighted by Crippen LogP contribution is 2.29. The zero-order valence-electron chi connectivity index (χ0n) is 23.7. The van der Waals surface area contributed by atoms with Gasteiger partial charge in [-0.25, -0.2) is 8.42 Å². The van der Waals surface area contributed by atoms with Crippen LogP contribution in [0.15, 0.2) is 77.7 Å². The number of anilines is 1. The zero-order chi connectivity index (χ0) is 29.4. The Morgan fingerprint density at radius 3 is 2.17 bits per heavy atom. The number of nitrogens with one attached hydrogen (secondary N) is 1. The summed E-state index contributed by atoms with van der Waals surface area (Å²) in [6.07, 6.45) is 1.07. The molecule has 0 unspecified atom stereocenters. The van der Waals surface area contributed by atoms with Crippen LogP contribution in [0.1, 0.15) is 50.3 Å². The van der Waals surface area contributed by atoms with Gasteiger partial charge in [0, 0.05) is 17.6 Å². The van der Waals surface area contributed by atoms with E-state index >= 15 is 0 Å². The van der Waals surface area contributed by atoms with E-state index in [-0.39, 0.29) is 23.4 Å². The van der Waals surface area contributed by atoms with Crippen molar-refractivity contribution in [1.29, 1.82) is 0 Å². The third-order valence-corrected chi connectivity index (χ3v) is 9.06. The van der Waals surface area contributed by atoms with Gasteiger partial charge in [0.2, 0.25) is 11.8 Å². The third kappa shape index (κ3) is 7.43. The summed E-state index contributed by atoms with van der Waals surface area (Å²) in [7, 11) is -4.12. The summed E-state index contributed by atoms with van der Waals surface area (Å²) in [6, 6.07) is 19.7. The molecule has 0 aliphatic rings. The van der Waals surface area contributed by atoms with E-state index in [0.717, 1.165) is 16.3 Å². The number of rotatable bonds is 12. The Bertz CT molecular complexity index is 1430. The fourth-order valence-electron chi connectivity index (χ4n) is 4.49. The molecule has 2 amide bonds. The highest BCUT2D eigenvalue weighted by Gasteiger charge is 2.34. The van der Waals surface area contributed by atoms with Gasteiger partial charge in [-0.05, 0) is 69.0 Å². The molecule has 0 bridgehead atoms. The maximum atomic E-state index is 14.2. The highest BCUT2D eigenvalue weighted by atomic mass is 35.5. The van der Waals surface area contributed by atoms with Crippen molar-refractivity contribution in [1.82, 2.24) is 10.2 Å². The summed E-state index contributed by atoms with van der Waals surface area (Å²) in [5.74, 6) is -0.799. The maximum absolute atomic E-state index is 14.2. The van der Waals surface area contributed by atoms with E-state index in [1.807, 2.05) is 52.8 Å². The van der Waals surface area contributed by atoms with Gasteiger partial charge in [0.25, 0.3) is 10.0 Å². The monoisotopic (exact) mass is 583 g/mol. The van der Waals surface area contributed by atoms with Crippen molar-refractivity contribution in [2.24, 2.45) is 0 Å². The van der Waals surface area contributed by atoms with E-state index in [1.54, 1.807) is 42.5 Å². The van der Waals surface area contributed by atoms with Crippen LogP contribution in [0.2, 0.25) is 5.02 Å². The Morgan fingerprint density at radius 1 is 0.925 bits per heavy atom. The van der Waals surface area contributed by atoms with Gasteiger partial charge in [-0.1, -0.05) is 79.5 Å². The molecule has 40 heavy (non-hydrogen) atoms. The number of carbonyl (C=O) groups excluding carboxylic acids is 2. The van der Waals surface area contributed by atoms with Crippen LogP contribution in [0.5, 0.6) is 0 Å². The first-order valence-electron chi connectivity index (χ1n) is 13.5. The zero-order valence-corrected chi connectivity index (χ0v) is 25.3. The lowest BCUT2D eigenvalue weighted by Crippen LogP contribution is -2.53. The molecule has 0 saturated carbocycles. The van der Waals surface area contributed by atoms with Gasteiger partial charge < -0.3 is 10.2 Å². The van der Waals surface area contributed by atoms with Gasteiger partial charge >= 0.3 is 0 Å². The topological polar surface area (TPSA) is 86.8 Å². The molecule has 0 fully saturated rings. The largest absolute Gasteiger partial charge is 0.352 e. The highest BCUT2D eigenvalue weighted by molar-refractivity contribution is 7.92. The predicted molar refractivity (Wildman–Crippen MR) is 161 cm³/mol. The Kier molecular flexibility index (Phi) is 10.8. The summed E-state index contributed by atoms with van der Waals surface area (Å²) >= 11 is 6.45. The fourth-order valence-corrected chi connectivity index (χ4v) is 6.18. The van der Waals surface area contributed by atoms with Gasteiger partial charge in [0.1, 0.15) is 12.6 Å². The molecular weight excluding hydrogens is 546 g/mol. The number of hydrogen-bond donors (Lipinski definition) is 1. The Morgan fingerprint density at radius 2 is 1.57 bits per heavy atom. The second-order valence-electron chi connectivity index (χ2n) is 9.97. The molecular formula is C31H38ClN3O4S. The first kappa shape index (κ1) is 31.2. The lowest BCUT2D eigenvalue weighted by Gasteiger charge is -2.34. The molecule has 0 saturated heterocycles. The van der Waals surface area contributed by atoms with E-state index in [2.05, 4.69) is 5.32 Å². The van der Waals surface area contributed by atoms with Crippen LogP contribution < -0.4 is 9.62 Å². The molecule has 0 radical (unpaired) electrons. The number of benzene rings is 3. The molecule has 0 spiro atoms. The number of amides is 2. The first-order valence-corrected chi connectivity index (χ1v) is 15.3. The Hall–Kier alpha value is -3.36. The van der Waals surface area contributed by atoms with Crippen LogP contribution in [-0.4, -0.2) is 43.8 Å². The minimum Gasteiger partial charge on any atom is -0.352 e. The number of sulfonamides is 1. The van der Waals surface area contributed by atoms with Crippen molar-refractivity contribution < 1.29 is 18.0 Å². The second-order valence-corrected chi connectivity index (χ2v) is 12.2.